The van der Waals surface area contributed by atoms with E-state index < -0.39 is 10.0 Å². The Morgan fingerprint density at radius 1 is 1.38 bits per heavy atom. The molecular formula is C15H25N3O2S. The highest BCUT2D eigenvalue weighted by Gasteiger charge is 2.35. The van der Waals surface area contributed by atoms with Crippen LogP contribution in [0.5, 0.6) is 0 Å². The van der Waals surface area contributed by atoms with E-state index in [4.69, 9.17) is 0 Å². The molecule has 1 N–H and O–H groups in total. The van der Waals surface area contributed by atoms with Gasteiger partial charge in [0.15, 0.2) is 0 Å². The average Bonchev–Trinajstić information content (AvgIpc) is 2.87. The lowest BCUT2D eigenvalue weighted by molar-refractivity contribution is 0.291. The van der Waals surface area contributed by atoms with E-state index in [2.05, 4.69) is 10.2 Å². The molecule has 118 valence electrons. The van der Waals surface area contributed by atoms with E-state index in [0.29, 0.717) is 18.0 Å². The van der Waals surface area contributed by atoms with Gasteiger partial charge in [-0.3, -0.25) is 0 Å². The fourth-order valence-corrected chi connectivity index (χ4v) is 4.64. The fraction of sp³-hybridized carbons (Fsp3) is 0.600. The van der Waals surface area contributed by atoms with Crippen molar-refractivity contribution >= 4 is 10.0 Å². The lowest BCUT2D eigenvalue weighted by atomic mass is 10.2. The summed E-state index contributed by atoms with van der Waals surface area (Å²) < 4.78 is 27.4. The highest BCUT2D eigenvalue weighted by molar-refractivity contribution is 7.89. The molecule has 0 aliphatic carbocycles. The Labute approximate surface area is 128 Å². The molecule has 0 bridgehead atoms. The summed E-state index contributed by atoms with van der Waals surface area (Å²) in [5.41, 5.74) is 0.988. The summed E-state index contributed by atoms with van der Waals surface area (Å²) in [6.07, 6.45) is 1.88. The van der Waals surface area contributed by atoms with Gasteiger partial charge in [0, 0.05) is 25.7 Å². The van der Waals surface area contributed by atoms with E-state index in [-0.39, 0.29) is 6.04 Å². The van der Waals surface area contributed by atoms with Crippen molar-refractivity contribution in [3.8, 4) is 0 Å². The van der Waals surface area contributed by atoms with Crippen LogP contribution in [0.4, 0.5) is 0 Å². The maximum absolute atomic E-state index is 12.9. The predicted octanol–water partition coefficient (Wildman–Crippen LogP) is 1.12. The van der Waals surface area contributed by atoms with Crippen LogP contribution >= 0.6 is 0 Å². The third-order valence-corrected chi connectivity index (χ3v) is 5.73. The Bertz CT molecular complexity index is 572. The zero-order chi connectivity index (χ0) is 15.5. The number of nitrogens with zero attached hydrogens (tertiary/aromatic N) is 2. The Kier molecular flexibility index (Phi) is 5.37. The summed E-state index contributed by atoms with van der Waals surface area (Å²) >= 11 is 0. The summed E-state index contributed by atoms with van der Waals surface area (Å²) in [5.74, 6) is 0. The number of rotatable bonds is 6. The largest absolute Gasteiger partial charge is 0.316 e. The summed E-state index contributed by atoms with van der Waals surface area (Å²) in [4.78, 5) is 2.46. The minimum absolute atomic E-state index is 0.0814. The molecular weight excluding hydrogens is 286 g/mol. The molecule has 2 rings (SSSR count). The van der Waals surface area contributed by atoms with Crippen LogP contribution in [0.2, 0.25) is 0 Å². The smallest absolute Gasteiger partial charge is 0.243 e. The molecule has 1 atom stereocenters. The van der Waals surface area contributed by atoms with Gasteiger partial charge in [0.1, 0.15) is 0 Å². The van der Waals surface area contributed by atoms with E-state index >= 15 is 0 Å². The van der Waals surface area contributed by atoms with Gasteiger partial charge in [-0.2, -0.15) is 4.31 Å². The number of sulfonamides is 1. The van der Waals surface area contributed by atoms with Crippen molar-refractivity contribution in [3.63, 3.8) is 0 Å². The van der Waals surface area contributed by atoms with Crippen LogP contribution in [0.1, 0.15) is 18.4 Å². The van der Waals surface area contributed by atoms with Crippen molar-refractivity contribution in [2.45, 2.75) is 30.3 Å². The van der Waals surface area contributed by atoms with Gasteiger partial charge >= 0.3 is 0 Å². The second kappa shape index (κ2) is 6.87. The van der Waals surface area contributed by atoms with Crippen LogP contribution in [0.25, 0.3) is 0 Å². The normalized spacial score (nSPS) is 20.3. The van der Waals surface area contributed by atoms with Crippen LogP contribution in [-0.2, 0) is 16.6 Å². The molecule has 1 aromatic carbocycles. The first-order valence-corrected chi connectivity index (χ1v) is 8.79. The van der Waals surface area contributed by atoms with Crippen molar-refractivity contribution in [2.24, 2.45) is 0 Å². The Balaban J connectivity index is 2.26. The third kappa shape index (κ3) is 3.83. The molecule has 1 saturated heterocycles. The molecule has 0 amide bonds. The first-order chi connectivity index (χ1) is 9.95. The predicted molar refractivity (Wildman–Crippen MR) is 84.7 cm³/mol. The molecule has 1 fully saturated rings. The van der Waals surface area contributed by atoms with Gasteiger partial charge < -0.3 is 10.2 Å². The molecule has 1 unspecified atom stereocenters. The van der Waals surface area contributed by atoms with Crippen LogP contribution in [-0.4, -0.2) is 57.9 Å². The van der Waals surface area contributed by atoms with E-state index in [9.17, 15) is 8.42 Å². The minimum Gasteiger partial charge on any atom is -0.316 e. The molecule has 21 heavy (non-hydrogen) atoms. The van der Waals surface area contributed by atoms with E-state index in [1.54, 1.807) is 16.4 Å². The Hall–Kier alpha value is -0.950. The van der Waals surface area contributed by atoms with Gasteiger partial charge in [-0.15, -0.1) is 0 Å². The van der Waals surface area contributed by atoms with Crippen molar-refractivity contribution in [1.82, 2.24) is 14.5 Å². The third-order valence-electron chi connectivity index (χ3n) is 3.78. The first-order valence-electron chi connectivity index (χ1n) is 7.35. The maximum atomic E-state index is 12.9. The van der Waals surface area contributed by atoms with Gasteiger partial charge in [0.25, 0.3) is 0 Å². The molecule has 1 aromatic rings. The zero-order valence-corrected chi connectivity index (χ0v) is 13.9. The second-order valence-corrected chi connectivity index (χ2v) is 7.74. The van der Waals surface area contributed by atoms with E-state index in [1.807, 2.05) is 33.3 Å². The molecule has 6 heteroatoms. The SMILES string of the molecule is CNCc1cccc(S(=O)(=O)N2CCCC2CN(C)C)c1. The lowest BCUT2D eigenvalue weighted by Crippen LogP contribution is -2.41. The highest BCUT2D eigenvalue weighted by atomic mass is 32.2. The fourth-order valence-electron chi connectivity index (χ4n) is 2.89. The topological polar surface area (TPSA) is 52.7 Å². The van der Waals surface area contributed by atoms with Gasteiger partial charge in [-0.05, 0) is 51.7 Å². The van der Waals surface area contributed by atoms with Crippen LogP contribution in [0.15, 0.2) is 29.2 Å². The summed E-state index contributed by atoms with van der Waals surface area (Å²) in [6.45, 7) is 2.07. The van der Waals surface area contributed by atoms with E-state index in [1.165, 1.54) is 0 Å². The molecule has 1 heterocycles. The van der Waals surface area contributed by atoms with Gasteiger partial charge in [0.2, 0.25) is 10.0 Å². The highest BCUT2D eigenvalue weighted by Crippen LogP contribution is 2.26. The molecule has 0 saturated carbocycles. The monoisotopic (exact) mass is 311 g/mol. The van der Waals surface area contributed by atoms with Gasteiger partial charge in [-0.1, -0.05) is 12.1 Å². The first kappa shape index (κ1) is 16.4. The molecule has 1 aliphatic heterocycles. The number of benzene rings is 1. The summed E-state index contributed by atoms with van der Waals surface area (Å²) in [6, 6.07) is 7.31. The molecule has 0 spiro atoms. The van der Waals surface area contributed by atoms with Crippen LogP contribution < -0.4 is 5.32 Å². The summed E-state index contributed by atoms with van der Waals surface area (Å²) in [7, 11) is 2.43. The second-order valence-electron chi connectivity index (χ2n) is 5.85. The number of nitrogens with one attached hydrogen (secondary N) is 1. The molecule has 0 radical (unpaired) electrons. The van der Waals surface area contributed by atoms with Crippen LogP contribution in [0.3, 0.4) is 0 Å². The van der Waals surface area contributed by atoms with E-state index in [0.717, 1.165) is 24.9 Å². The Morgan fingerprint density at radius 3 is 2.81 bits per heavy atom. The minimum atomic E-state index is -3.40. The molecule has 0 aromatic heterocycles. The Morgan fingerprint density at radius 2 is 2.14 bits per heavy atom. The number of hydrogen-bond acceptors (Lipinski definition) is 4. The van der Waals surface area contributed by atoms with Gasteiger partial charge in [0.05, 0.1) is 4.90 Å². The van der Waals surface area contributed by atoms with Crippen molar-refractivity contribution in [1.29, 1.82) is 0 Å². The molecule has 5 nitrogen and oxygen atoms in total. The van der Waals surface area contributed by atoms with Crippen molar-refractivity contribution < 1.29 is 8.42 Å². The average molecular weight is 311 g/mol. The molecule has 1 aliphatic rings. The quantitative estimate of drug-likeness (QED) is 0.855. The lowest BCUT2D eigenvalue weighted by Gasteiger charge is -2.26. The van der Waals surface area contributed by atoms with Gasteiger partial charge in [-0.25, -0.2) is 8.42 Å². The maximum Gasteiger partial charge on any atom is 0.243 e. The number of likely N-dealkylation sites (N-methyl/N-ethyl adjacent to an activating group) is 1. The van der Waals surface area contributed by atoms with Crippen LogP contribution in [0, 0.1) is 0 Å². The summed E-state index contributed by atoms with van der Waals surface area (Å²) in [5, 5.41) is 3.05. The van der Waals surface area contributed by atoms with Crippen molar-refractivity contribution in [3.05, 3.63) is 29.8 Å². The number of hydrogen-bond donors (Lipinski definition) is 1. The van der Waals surface area contributed by atoms with Crippen molar-refractivity contribution in [2.75, 3.05) is 34.2 Å². The standard InChI is InChI=1S/C15H25N3O2S/c1-16-11-13-6-4-8-15(10-13)21(19,20)18-9-5-7-14(18)12-17(2)3/h4,6,8,10,14,16H,5,7,9,11-12H2,1-3H3. The zero-order valence-electron chi connectivity index (χ0n) is 13.0.